The molecule has 14 heteroatoms. The Hall–Kier alpha value is -1.56. The highest BCUT2D eigenvalue weighted by molar-refractivity contribution is 5.85. The predicted molar refractivity (Wildman–Crippen MR) is 166 cm³/mol. The normalized spacial score (nSPS) is 54.3. The van der Waals surface area contributed by atoms with E-state index in [1.807, 2.05) is 0 Å². The van der Waals surface area contributed by atoms with Gasteiger partial charge in [0.1, 0.15) is 43.4 Å². The van der Waals surface area contributed by atoms with E-state index in [1.54, 1.807) is 13.0 Å². The van der Waals surface area contributed by atoms with Crippen LogP contribution in [-0.2, 0) is 33.3 Å². The van der Waals surface area contributed by atoms with Crippen LogP contribution >= 0.6 is 0 Å². The molecule has 0 spiro atoms. The van der Waals surface area contributed by atoms with Gasteiger partial charge < -0.3 is 64.2 Å². The van der Waals surface area contributed by atoms with Crippen LogP contribution in [0.2, 0.25) is 0 Å². The van der Waals surface area contributed by atoms with Crippen LogP contribution in [0, 0.1) is 28.6 Å². The van der Waals surface area contributed by atoms with Gasteiger partial charge in [0.25, 0.3) is 0 Å². The minimum absolute atomic E-state index is 0.00470. The van der Waals surface area contributed by atoms with Crippen molar-refractivity contribution in [3.8, 4) is 0 Å². The van der Waals surface area contributed by atoms with Crippen molar-refractivity contribution in [1.29, 1.82) is 0 Å². The van der Waals surface area contributed by atoms with Crippen LogP contribution < -0.4 is 0 Å². The van der Waals surface area contributed by atoms with Gasteiger partial charge in [-0.05, 0) is 81.6 Å². The Bertz CT molecular complexity index is 1300. The number of aliphatic hydroxyl groups excluding tert-OH is 5. The molecule has 3 heterocycles. The molecule has 2 saturated heterocycles. The van der Waals surface area contributed by atoms with Crippen molar-refractivity contribution in [2.45, 2.75) is 151 Å². The number of hydrogen-bond acceptors (Lipinski definition) is 14. The first-order valence-electron chi connectivity index (χ1n) is 17.9. The fourth-order valence-electron chi connectivity index (χ4n) is 11.3. The summed E-state index contributed by atoms with van der Waals surface area (Å²) < 4.78 is 28.9. The van der Waals surface area contributed by atoms with Crippen LogP contribution in [0.5, 0.6) is 0 Å². The summed E-state index contributed by atoms with van der Waals surface area (Å²) in [5.41, 5.74) is -2.94. The summed E-state index contributed by atoms with van der Waals surface area (Å²) in [6.07, 6.45) is -4.38. The van der Waals surface area contributed by atoms with Crippen molar-refractivity contribution in [2.24, 2.45) is 28.6 Å². The smallest absolute Gasteiger partial charge is 0.331 e. The Morgan fingerprint density at radius 3 is 2.37 bits per heavy atom. The zero-order valence-electron chi connectivity index (χ0n) is 28.1. The highest BCUT2D eigenvalue weighted by Gasteiger charge is 2.71. The van der Waals surface area contributed by atoms with E-state index in [-0.39, 0.29) is 43.2 Å². The van der Waals surface area contributed by atoms with Gasteiger partial charge >= 0.3 is 5.97 Å². The molecule has 0 aromatic carbocycles. The molecule has 3 aliphatic heterocycles. The first-order chi connectivity index (χ1) is 23.2. The van der Waals surface area contributed by atoms with E-state index in [9.17, 15) is 45.3 Å². The lowest BCUT2D eigenvalue weighted by atomic mass is 9.41. The summed E-state index contributed by atoms with van der Waals surface area (Å²) in [7, 11) is 0. The molecule has 0 unspecified atom stereocenters. The summed E-state index contributed by atoms with van der Waals surface area (Å²) in [5.74, 6) is -0.688. The molecule has 4 saturated carbocycles. The average molecular weight is 697 g/mol. The molecule has 0 radical (unpaired) electrons. The maximum atomic E-state index is 13.2. The van der Waals surface area contributed by atoms with E-state index in [2.05, 4.69) is 6.92 Å². The van der Waals surface area contributed by atoms with E-state index in [1.165, 1.54) is 0 Å². The van der Waals surface area contributed by atoms with E-state index >= 15 is 0 Å². The molecular formula is C35H52O14. The maximum absolute atomic E-state index is 13.2. The predicted octanol–water partition coefficient (Wildman–Crippen LogP) is -0.397. The molecule has 49 heavy (non-hydrogen) atoms. The third kappa shape index (κ3) is 5.47. The Morgan fingerprint density at radius 2 is 1.69 bits per heavy atom. The largest absolute Gasteiger partial charge is 0.458 e. The molecule has 7 rings (SSSR count). The van der Waals surface area contributed by atoms with Crippen molar-refractivity contribution >= 4 is 12.3 Å². The number of carbonyl (C=O) groups is 2. The number of esters is 1. The first kappa shape index (κ1) is 35.8. The minimum atomic E-state index is -1.62. The molecule has 0 amide bonds. The van der Waals surface area contributed by atoms with Gasteiger partial charge in [-0.3, -0.25) is 0 Å². The second-order valence-electron chi connectivity index (χ2n) is 16.1. The Morgan fingerprint density at radius 1 is 0.939 bits per heavy atom. The molecule has 14 nitrogen and oxygen atoms in total. The molecule has 7 N–H and O–H groups in total. The molecule has 276 valence electrons. The standard InChI is InChI=1S/C35H52O14/c1-17-30(49-31-29(42)28(41)27(40)24(14-36)48-31)23(38)12-26(46-17)47-19-3-8-33(16-37)21-4-7-32(2)20(18-11-25(39)45-15-18)6-10-35(32,44)22(21)5-9-34(33,43)13-19/h11,16-17,19-24,26-31,36,38,40-44H,3-10,12-15H2,1-2H3/t17-,19+,20+,21+,22-,23-,24-,26+,27-,28+,29-,30-,31+,32+,33-,34-,35+/m0/s1. The molecule has 6 fully saturated rings. The molecule has 0 bridgehead atoms. The van der Waals surface area contributed by atoms with Crippen LogP contribution in [0.15, 0.2) is 11.6 Å². The van der Waals surface area contributed by atoms with E-state index in [0.717, 1.165) is 18.3 Å². The van der Waals surface area contributed by atoms with E-state index in [0.29, 0.717) is 44.9 Å². The Balaban J connectivity index is 1.00. The lowest BCUT2D eigenvalue weighted by Crippen LogP contribution is -2.69. The summed E-state index contributed by atoms with van der Waals surface area (Å²) in [6, 6.07) is 0. The van der Waals surface area contributed by atoms with Crippen LogP contribution in [0.3, 0.4) is 0 Å². The van der Waals surface area contributed by atoms with Crippen molar-refractivity contribution in [2.75, 3.05) is 13.2 Å². The van der Waals surface area contributed by atoms with Crippen molar-refractivity contribution in [1.82, 2.24) is 0 Å². The summed E-state index contributed by atoms with van der Waals surface area (Å²) in [4.78, 5) is 25.0. The summed E-state index contributed by atoms with van der Waals surface area (Å²) in [6.45, 7) is 3.42. The number of hydrogen-bond donors (Lipinski definition) is 7. The fourth-order valence-corrected chi connectivity index (χ4v) is 11.3. The second kappa shape index (κ2) is 12.8. The maximum Gasteiger partial charge on any atom is 0.331 e. The number of aldehydes is 1. The number of fused-ring (bicyclic) bond motifs is 5. The SMILES string of the molecule is C[C@@H]1O[C@H](O[C@@H]2CC[C@]3(C=O)[C@@H]4CC[C@]5(C)[C@@H](C6=CC(=O)OC6)CC[C@@]5(O)[C@H]4CC[C@]3(O)C2)C[C@H](O)[C@H]1O[C@H]1O[C@@H](CO)[C@H](O)[C@@H](O)[C@@H]1O. The second-order valence-corrected chi connectivity index (χ2v) is 16.1. The van der Waals surface area contributed by atoms with Gasteiger partial charge in [-0.15, -0.1) is 0 Å². The highest BCUT2D eigenvalue weighted by atomic mass is 16.7. The topological polar surface area (TPSA) is 222 Å². The molecular weight excluding hydrogens is 644 g/mol. The molecule has 4 aliphatic carbocycles. The average Bonchev–Trinajstić information content (AvgIpc) is 3.61. The van der Waals surface area contributed by atoms with Gasteiger partial charge in [-0.2, -0.15) is 0 Å². The summed E-state index contributed by atoms with van der Waals surface area (Å²) >= 11 is 0. The fraction of sp³-hybridized carbons (Fsp3) is 0.886. The van der Waals surface area contributed by atoms with E-state index < -0.39 is 90.1 Å². The lowest BCUT2D eigenvalue weighted by molar-refractivity contribution is -0.345. The van der Waals surface area contributed by atoms with Gasteiger partial charge in [-0.1, -0.05) is 6.92 Å². The lowest BCUT2D eigenvalue weighted by Gasteiger charge is -2.65. The van der Waals surface area contributed by atoms with Crippen LogP contribution in [0.25, 0.3) is 0 Å². The van der Waals surface area contributed by atoms with Crippen molar-refractivity contribution in [3.63, 3.8) is 0 Å². The van der Waals surface area contributed by atoms with Gasteiger partial charge in [0.15, 0.2) is 12.6 Å². The van der Waals surface area contributed by atoms with Gasteiger partial charge in [0.05, 0.1) is 41.5 Å². The summed E-state index contributed by atoms with van der Waals surface area (Å²) in [5, 5.41) is 75.9. The zero-order valence-corrected chi connectivity index (χ0v) is 28.1. The number of ether oxygens (including phenoxy) is 5. The molecule has 0 aromatic rings. The molecule has 0 aromatic heterocycles. The first-order valence-corrected chi connectivity index (χ1v) is 17.9. The number of cyclic esters (lactones) is 1. The third-order valence-corrected chi connectivity index (χ3v) is 14.0. The van der Waals surface area contributed by atoms with Gasteiger partial charge in [-0.25, -0.2) is 4.79 Å². The monoisotopic (exact) mass is 696 g/mol. The third-order valence-electron chi connectivity index (χ3n) is 14.0. The number of carbonyl (C=O) groups excluding carboxylic acids is 2. The van der Waals surface area contributed by atoms with Gasteiger partial charge in [0, 0.05) is 24.3 Å². The Labute approximate surface area is 285 Å². The van der Waals surface area contributed by atoms with Crippen molar-refractivity contribution in [3.05, 3.63) is 11.6 Å². The Kier molecular flexibility index (Phi) is 9.38. The molecule has 7 aliphatic rings. The van der Waals surface area contributed by atoms with Crippen LogP contribution in [0.1, 0.15) is 78.1 Å². The van der Waals surface area contributed by atoms with E-state index in [4.69, 9.17) is 23.7 Å². The minimum Gasteiger partial charge on any atom is -0.458 e. The van der Waals surface area contributed by atoms with Crippen molar-refractivity contribution < 1.29 is 69.0 Å². The molecule has 17 atom stereocenters. The quantitative estimate of drug-likeness (QED) is 0.102. The number of aliphatic hydroxyl groups is 7. The van der Waals surface area contributed by atoms with Gasteiger partial charge in [0.2, 0.25) is 0 Å². The number of rotatable bonds is 7. The van der Waals surface area contributed by atoms with Crippen LogP contribution in [-0.4, -0.2) is 134 Å². The van der Waals surface area contributed by atoms with Crippen LogP contribution in [0.4, 0.5) is 0 Å². The zero-order chi connectivity index (χ0) is 35.1. The highest BCUT2D eigenvalue weighted by Crippen LogP contribution is 2.70.